The van der Waals surface area contributed by atoms with Gasteiger partial charge in [0.15, 0.2) is 23.0 Å². The Bertz CT molecular complexity index is 1000. The number of aliphatic hydroxyl groups is 3. The van der Waals surface area contributed by atoms with Gasteiger partial charge in [0, 0.05) is 6.61 Å². The number of ether oxygens (including phenoxy) is 4. The molecule has 0 spiro atoms. The Labute approximate surface area is 237 Å². The van der Waals surface area contributed by atoms with Gasteiger partial charge < -0.3 is 44.5 Å². The Kier molecular flexibility index (Phi) is 13.1. The van der Waals surface area contributed by atoms with E-state index in [-0.39, 0.29) is 30.3 Å². The molecule has 0 aromatic heterocycles. The van der Waals surface area contributed by atoms with Crippen LogP contribution in [0.3, 0.4) is 0 Å². The molecule has 1 fully saturated rings. The lowest BCUT2D eigenvalue weighted by Gasteiger charge is -2.30. The fourth-order valence-electron chi connectivity index (χ4n) is 5.53. The second-order valence-electron chi connectivity index (χ2n) is 10.7. The molecule has 9 nitrogen and oxygen atoms in total. The molecule has 0 saturated heterocycles. The first kappa shape index (κ1) is 31.8. The van der Waals surface area contributed by atoms with E-state index in [2.05, 4.69) is 0 Å². The standard InChI is InChI=1S/C31H46O9/c1-37-29-17-23(18-30(38-2)31(29)36)8-11-24(34)19-25(39-20-33)12-9-22-10-13-27(35)28(16-22)40-26-7-3-5-21(15-26)6-4-14-32/h10,13,16-18,21,24-26,32-36H,3-9,11-12,14-15,19-20H2,1-2H3. The average Bonchev–Trinajstić information content (AvgIpc) is 2.96. The quantitative estimate of drug-likeness (QED) is 0.177. The third-order valence-electron chi connectivity index (χ3n) is 7.73. The molecule has 5 N–H and O–H groups in total. The van der Waals surface area contributed by atoms with E-state index in [0.29, 0.717) is 55.3 Å². The van der Waals surface area contributed by atoms with Gasteiger partial charge in [-0.2, -0.15) is 0 Å². The van der Waals surface area contributed by atoms with Gasteiger partial charge in [0.2, 0.25) is 5.75 Å². The van der Waals surface area contributed by atoms with Gasteiger partial charge in [0.1, 0.15) is 6.79 Å². The van der Waals surface area contributed by atoms with Gasteiger partial charge in [-0.25, -0.2) is 0 Å². The number of rotatable bonds is 17. The summed E-state index contributed by atoms with van der Waals surface area (Å²) in [5, 5.41) is 49.8. The molecule has 1 aliphatic rings. The van der Waals surface area contributed by atoms with Crippen molar-refractivity contribution in [2.75, 3.05) is 27.6 Å². The summed E-state index contributed by atoms with van der Waals surface area (Å²) < 4.78 is 22.1. The number of hydrogen-bond acceptors (Lipinski definition) is 9. The van der Waals surface area contributed by atoms with Crippen molar-refractivity contribution in [3.63, 3.8) is 0 Å². The Morgan fingerprint density at radius 3 is 2.27 bits per heavy atom. The van der Waals surface area contributed by atoms with Crippen molar-refractivity contribution >= 4 is 0 Å². The fraction of sp³-hybridized carbons (Fsp3) is 0.613. The normalized spacial score (nSPS) is 18.7. The lowest BCUT2D eigenvalue weighted by atomic mass is 9.84. The minimum Gasteiger partial charge on any atom is -0.504 e. The van der Waals surface area contributed by atoms with Gasteiger partial charge in [-0.05, 0) is 106 Å². The SMILES string of the molecule is COc1cc(CCC(O)CC(CCc2ccc(O)c(OC3CCCC(CCCO)C3)c2)OCO)cc(OC)c1O. The van der Waals surface area contributed by atoms with Crippen molar-refractivity contribution in [1.82, 2.24) is 0 Å². The van der Waals surface area contributed by atoms with E-state index in [0.717, 1.165) is 49.7 Å². The van der Waals surface area contributed by atoms with E-state index in [1.807, 2.05) is 12.1 Å². The largest absolute Gasteiger partial charge is 0.504 e. The number of aromatic hydroxyl groups is 2. The van der Waals surface area contributed by atoms with Crippen LogP contribution in [-0.4, -0.2) is 71.5 Å². The zero-order chi connectivity index (χ0) is 28.9. The lowest BCUT2D eigenvalue weighted by molar-refractivity contribution is -0.0690. The first-order valence-corrected chi connectivity index (χ1v) is 14.3. The van der Waals surface area contributed by atoms with Crippen molar-refractivity contribution in [3.8, 4) is 28.7 Å². The van der Waals surface area contributed by atoms with Crippen molar-refractivity contribution in [2.24, 2.45) is 5.92 Å². The van der Waals surface area contributed by atoms with Crippen LogP contribution in [0.1, 0.15) is 68.9 Å². The highest BCUT2D eigenvalue weighted by atomic mass is 16.6. The molecule has 2 aromatic rings. The van der Waals surface area contributed by atoms with Gasteiger partial charge in [0.25, 0.3) is 0 Å². The van der Waals surface area contributed by atoms with Crippen molar-refractivity contribution < 1.29 is 44.5 Å². The van der Waals surface area contributed by atoms with E-state index in [9.17, 15) is 20.4 Å². The minimum atomic E-state index is -0.661. The summed E-state index contributed by atoms with van der Waals surface area (Å²) >= 11 is 0. The summed E-state index contributed by atoms with van der Waals surface area (Å²) in [6.07, 6.45) is 7.52. The molecule has 0 heterocycles. The maximum Gasteiger partial charge on any atom is 0.200 e. The Morgan fingerprint density at radius 1 is 0.900 bits per heavy atom. The summed E-state index contributed by atoms with van der Waals surface area (Å²) in [7, 11) is 2.94. The van der Waals surface area contributed by atoms with Crippen molar-refractivity contribution in [3.05, 3.63) is 41.5 Å². The highest BCUT2D eigenvalue weighted by Gasteiger charge is 2.24. The molecule has 0 aliphatic heterocycles. The van der Waals surface area contributed by atoms with E-state index in [1.165, 1.54) is 14.2 Å². The predicted octanol–water partition coefficient (Wildman–Crippen LogP) is 4.48. The third-order valence-corrected chi connectivity index (χ3v) is 7.73. The average molecular weight is 563 g/mol. The first-order valence-electron chi connectivity index (χ1n) is 14.3. The zero-order valence-corrected chi connectivity index (χ0v) is 23.8. The summed E-state index contributed by atoms with van der Waals surface area (Å²) in [4.78, 5) is 0. The third kappa shape index (κ3) is 9.73. The Balaban J connectivity index is 1.53. The number of aryl methyl sites for hydroxylation is 2. The van der Waals surface area contributed by atoms with Crippen LogP contribution < -0.4 is 14.2 Å². The molecular weight excluding hydrogens is 516 g/mol. The molecule has 9 heteroatoms. The monoisotopic (exact) mass is 562 g/mol. The van der Waals surface area contributed by atoms with Gasteiger partial charge in [-0.15, -0.1) is 0 Å². The summed E-state index contributed by atoms with van der Waals surface area (Å²) in [6.45, 7) is -0.224. The molecule has 1 aliphatic carbocycles. The molecule has 0 bridgehead atoms. The Hall–Kier alpha value is -2.72. The van der Waals surface area contributed by atoms with Crippen molar-refractivity contribution in [2.45, 2.75) is 88.9 Å². The molecular formula is C31H46O9. The maximum atomic E-state index is 10.7. The molecule has 0 radical (unpaired) electrons. The van der Waals surface area contributed by atoms with Crippen LogP contribution in [0.2, 0.25) is 0 Å². The van der Waals surface area contributed by atoms with Crippen LogP contribution >= 0.6 is 0 Å². The number of phenols is 2. The molecule has 2 aromatic carbocycles. The highest BCUT2D eigenvalue weighted by molar-refractivity contribution is 5.52. The van der Waals surface area contributed by atoms with Crippen LogP contribution in [0.25, 0.3) is 0 Å². The molecule has 224 valence electrons. The lowest BCUT2D eigenvalue weighted by Crippen LogP contribution is -2.25. The number of methoxy groups -OCH3 is 2. The number of aliphatic hydroxyl groups excluding tert-OH is 3. The molecule has 3 rings (SSSR count). The maximum absolute atomic E-state index is 10.7. The second kappa shape index (κ2) is 16.5. The second-order valence-corrected chi connectivity index (χ2v) is 10.7. The summed E-state index contributed by atoms with van der Waals surface area (Å²) in [6, 6.07) is 8.81. The van der Waals surface area contributed by atoms with Crippen LogP contribution in [-0.2, 0) is 17.6 Å². The van der Waals surface area contributed by atoms with Gasteiger partial charge in [-0.1, -0.05) is 12.5 Å². The van der Waals surface area contributed by atoms with Crippen LogP contribution in [0.5, 0.6) is 28.7 Å². The van der Waals surface area contributed by atoms with Gasteiger partial charge in [0.05, 0.1) is 32.5 Å². The van der Waals surface area contributed by atoms with Crippen LogP contribution in [0.4, 0.5) is 0 Å². The number of benzene rings is 2. The smallest absolute Gasteiger partial charge is 0.200 e. The van der Waals surface area contributed by atoms with E-state index >= 15 is 0 Å². The predicted molar refractivity (Wildman–Crippen MR) is 151 cm³/mol. The van der Waals surface area contributed by atoms with Gasteiger partial charge >= 0.3 is 0 Å². The number of hydrogen-bond donors (Lipinski definition) is 5. The molecule has 4 atom stereocenters. The van der Waals surface area contributed by atoms with Crippen molar-refractivity contribution in [1.29, 1.82) is 0 Å². The first-order chi connectivity index (χ1) is 19.4. The molecule has 1 saturated carbocycles. The van der Waals surface area contributed by atoms with E-state index < -0.39 is 12.9 Å². The Morgan fingerprint density at radius 2 is 1.60 bits per heavy atom. The van der Waals surface area contributed by atoms with Crippen LogP contribution in [0.15, 0.2) is 30.3 Å². The highest BCUT2D eigenvalue weighted by Crippen LogP contribution is 2.38. The van der Waals surface area contributed by atoms with Crippen LogP contribution in [0, 0.1) is 5.92 Å². The zero-order valence-electron chi connectivity index (χ0n) is 23.8. The molecule has 0 amide bonds. The van der Waals surface area contributed by atoms with E-state index in [1.54, 1.807) is 18.2 Å². The number of phenolic OH excluding ortho intramolecular Hbond substituents is 2. The van der Waals surface area contributed by atoms with E-state index in [4.69, 9.17) is 24.1 Å². The topological polar surface area (TPSA) is 138 Å². The molecule has 4 unspecified atom stereocenters. The summed E-state index contributed by atoms with van der Waals surface area (Å²) in [5.41, 5.74) is 1.84. The van der Waals surface area contributed by atoms with Gasteiger partial charge in [-0.3, -0.25) is 0 Å². The summed E-state index contributed by atoms with van der Waals surface area (Å²) in [5.74, 6) is 1.69. The molecule has 40 heavy (non-hydrogen) atoms. The fourth-order valence-corrected chi connectivity index (χ4v) is 5.53. The minimum absolute atomic E-state index is 0.0488.